The van der Waals surface area contributed by atoms with E-state index in [9.17, 15) is 13.2 Å². The average molecular weight is 449 g/mol. The minimum atomic E-state index is -3.91. The summed E-state index contributed by atoms with van der Waals surface area (Å²) in [6, 6.07) is 21.9. The molecule has 166 valence electrons. The van der Waals surface area contributed by atoms with Gasteiger partial charge in [-0.05, 0) is 68.5 Å². The van der Waals surface area contributed by atoms with E-state index in [1.807, 2.05) is 44.2 Å². The second-order valence-electron chi connectivity index (χ2n) is 8.37. The molecule has 5 nitrogen and oxygen atoms in total. The van der Waals surface area contributed by atoms with Gasteiger partial charge in [-0.3, -0.25) is 9.10 Å². The van der Waals surface area contributed by atoms with Gasteiger partial charge in [0, 0.05) is 0 Å². The van der Waals surface area contributed by atoms with Crippen LogP contribution >= 0.6 is 0 Å². The Bertz CT molecular complexity index is 1200. The minimum absolute atomic E-state index is 0.102. The lowest BCUT2D eigenvalue weighted by molar-refractivity contribution is -0.120. The Morgan fingerprint density at radius 3 is 2.25 bits per heavy atom. The van der Waals surface area contributed by atoms with E-state index in [2.05, 4.69) is 11.4 Å². The van der Waals surface area contributed by atoms with E-state index in [1.165, 1.54) is 9.87 Å². The zero-order chi connectivity index (χ0) is 22.7. The Morgan fingerprint density at radius 2 is 1.56 bits per heavy atom. The van der Waals surface area contributed by atoms with Crippen LogP contribution in [-0.2, 0) is 21.2 Å². The summed E-state index contributed by atoms with van der Waals surface area (Å²) < 4.78 is 28.2. The highest BCUT2D eigenvalue weighted by molar-refractivity contribution is 7.92. The summed E-state index contributed by atoms with van der Waals surface area (Å²) >= 11 is 0. The topological polar surface area (TPSA) is 66.5 Å². The molecule has 1 atom stereocenters. The minimum Gasteiger partial charge on any atom is -0.348 e. The highest BCUT2D eigenvalue weighted by Crippen LogP contribution is 2.30. The first-order valence-electron chi connectivity index (χ1n) is 10.9. The molecular weight excluding hydrogens is 420 g/mol. The zero-order valence-electron chi connectivity index (χ0n) is 18.4. The third kappa shape index (κ3) is 4.70. The molecule has 1 unspecified atom stereocenters. The Kier molecular flexibility index (Phi) is 6.33. The van der Waals surface area contributed by atoms with Crippen molar-refractivity contribution >= 4 is 21.6 Å². The standard InChI is InChI=1S/C26H28N2O3S/c1-19-10-14-22(15-11-19)28(32(30,31)23-16-12-20(2)13-17-23)18-26(29)27-25-9-5-7-21-6-3-4-8-24(21)25/h3-4,6,8,10-17,25H,5,7,9,18H2,1-2H3,(H,27,29). The Morgan fingerprint density at radius 1 is 0.938 bits per heavy atom. The predicted molar refractivity (Wildman–Crippen MR) is 127 cm³/mol. The summed E-state index contributed by atoms with van der Waals surface area (Å²) in [4.78, 5) is 13.3. The zero-order valence-corrected chi connectivity index (χ0v) is 19.2. The summed E-state index contributed by atoms with van der Waals surface area (Å²) in [5, 5.41) is 3.07. The summed E-state index contributed by atoms with van der Waals surface area (Å²) in [6.45, 7) is 3.57. The van der Waals surface area contributed by atoms with Crippen LogP contribution in [0, 0.1) is 13.8 Å². The first-order valence-corrected chi connectivity index (χ1v) is 12.3. The van der Waals surface area contributed by atoms with Crippen molar-refractivity contribution < 1.29 is 13.2 Å². The van der Waals surface area contributed by atoms with Gasteiger partial charge >= 0.3 is 0 Å². The Balaban J connectivity index is 1.62. The molecular formula is C26H28N2O3S. The van der Waals surface area contributed by atoms with Crippen molar-refractivity contribution in [3.63, 3.8) is 0 Å². The highest BCUT2D eigenvalue weighted by Gasteiger charge is 2.29. The van der Waals surface area contributed by atoms with Crippen LogP contribution in [0.3, 0.4) is 0 Å². The summed E-state index contributed by atoms with van der Waals surface area (Å²) in [7, 11) is -3.91. The van der Waals surface area contributed by atoms with Crippen LogP contribution in [0.4, 0.5) is 5.69 Å². The molecule has 0 saturated heterocycles. The van der Waals surface area contributed by atoms with Crippen molar-refractivity contribution in [2.75, 3.05) is 10.8 Å². The van der Waals surface area contributed by atoms with Gasteiger partial charge in [0.1, 0.15) is 6.54 Å². The van der Waals surface area contributed by atoms with E-state index >= 15 is 0 Å². The van der Waals surface area contributed by atoms with Crippen molar-refractivity contribution in [3.8, 4) is 0 Å². The van der Waals surface area contributed by atoms with E-state index in [0.717, 1.165) is 36.0 Å². The maximum atomic E-state index is 13.5. The molecule has 0 saturated carbocycles. The molecule has 0 radical (unpaired) electrons. The van der Waals surface area contributed by atoms with Gasteiger partial charge in [0.05, 0.1) is 16.6 Å². The normalized spacial score (nSPS) is 15.6. The second kappa shape index (κ2) is 9.17. The molecule has 1 amide bonds. The predicted octanol–water partition coefficient (Wildman–Crippen LogP) is 4.69. The molecule has 1 N–H and O–H groups in total. The molecule has 0 aromatic heterocycles. The maximum absolute atomic E-state index is 13.5. The van der Waals surface area contributed by atoms with Crippen LogP contribution in [0.5, 0.6) is 0 Å². The number of anilines is 1. The smallest absolute Gasteiger partial charge is 0.264 e. The lowest BCUT2D eigenvalue weighted by Crippen LogP contribution is -2.42. The van der Waals surface area contributed by atoms with Gasteiger partial charge in [-0.2, -0.15) is 0 Å². The number of rotatable bonds is 6. The molecule has 0 bridgehead atoms. The van der Waals surface area contributed by atoms with Crippen molar-refractivity contribution in [2.45, 2.75) is 44.0 Å². The monoisotopic (exact) mass is 448 g/mol. The number of amides is 1. The van der Waals surface area contributed by atoms with Gasteiger partial charge in [-0.15, -0.1) is 0 Å². The SMILES string of the molecule is Cc1ccc(N(CC(=O)NC2CCCc3ccccc32)S(=O)(=O)c2ccc(C)cc2)cc1. The molecule has 4 rings (SSSR count). The number of carbonyl (C=O) groups is 1. The van der Waals surface area contributed by atoms with E-state index in [1.54, 1.807) is 36.4 Å². The Hall–Kier alpha value is -3.12. The largest absolute Gasteiger partial charge is 0.348 e. The number of benzene rings is 3. The molecule has 3 aromatic rings. The molecule has 3 aromatic carbocycles. The average Bonchev–Trinajstić information content (AvgIpc) is 2.79. The maximum Gasteiger partial charge on any atom is 0.264 e. The van der Waals surface area contributed by atoms with Crippen LogP contribution in [0.1, 0.15) is 41.1 Å². The fourth-order valence-electron chi connectivity index (χ4n) is 4.14. The van der Waals surface area contributed by atoms with E-state index < -0.39 is 10.0 Å². The second-order valence-corrected chi connectivity index (χ2v) is 10.2. The van der Waals surface area contributed by atoms with Crippen molar-refractivity contribution in [3.05, 3.63) is 95.1 Å². The van der Waals surface area contributed by atoms with Gasteiger partial charge in [0.2, 0.25) is 5.91 Å². The van der Waals surface area contributed by atoms with Crippen molar-refractivity contribution in [2.24, 2.45) is 0 Å². The number of aryl methyl sites for hydroxylation is 3. The van der Waals surface area contributed by atoms with E-state index in [0.29, 0.717) is 5.69 Å². The molecule has 1 aliphatic carbocycles. The van der Waals surface area contributed by atoms with Crippen LogP contribution in [0.25, 0.3) is 0 Å². The first-order chi connectivity index (χ1) is 15.3. The molecule has 0 heterocycles. The van der Waals surface area contributed by atoms with Crippen molar-refractivity contribution in [1.29, 1.82) is 0 Å². The van der Waals surface area contributed by atoms with E-state index in [-0.39, 0.29) is 23.4 Å². The molecule has 0 spiro atoms. The lowest BCUT2D eigenvalue weighted by Gasteiger charge is -2.29. The van der Waals surface area contributed by atoms with Gasteiger partial charge < -0.3 is 5.32 Å². The number of hydrogen-bond donors (Lipinski definition) is 1. The van der Waals surface area contributed by atoms with Gasteiger partial charge in [-0.1, -0.05) is 59.7 Å². The fraction of sp³-hybridized carbons (Fsp3) is 0.269. The van der Waals surface area contributed by atoms with Gasteiger partial charge in [0.15, 0.2) is 0 Å². The lowest BCUT2D eigenvalue weighted by atomic mass is 9.88. The summed E-state index contributed by atoms with van der Waals surface area (Å²) in [5.74, 6) is -0.317. The third-order valence-electron chi connectivity index (χ3n) is 5.92. The first kappa shape index (κ1) is 22.1. The van der Waals surface area contributed by atoms with Crippen LogP contribution in [-0.4, -0.2) is 20.9 Å². The quantitative estimate of drug-likeness (QED) is 0.595. The van der Waals surface area contributed by atoms with E-state index in [4.69, 9.17) is 0 Å². The third-order valence-corrected chi connectivity index (χ3v) is 7.71. The van der Waals surface area contributed by atoms with Crippen LogP contribution in [0.15, 0.2) is 77.7 Å². The molecule has 32 heavy (non-hydrogen) atoms. The number of hydrogen-bond acceptors (Lipinski definition) is 3. The van der Waals surface area contributed by atoms with Crippen LogP contribution < -0.4 is 9.62 Å². The number of sulfonamides is 1. The van der Waals surface area contributed by atoms with Crippen molar-refractivity contribution in [1.82, 2.24) is 5.32 Å². The molecule has 6 heteroatoms. The number of carbonyl (C=O) groups excluding carboxylic acids is 1. The Labute approximate surface area is 190 Å². The number of nitrogens with zero attached hydrogens (tertiary/aromatic N) is 1. The number of fused-ring (bicyclic) bond motifs is 1. The fourth-order valence-corrected chi connectivity index (χ4v) is 5.56. The van der Waals surface area contributed by atoms with Gasteiger partial charge in [0.25, 0.3) is 10.0 Å². The molecule has 0 aliphatic heterocycles. The summed E-state index contributed by atoms with van der Waals surface area (Å²) in [6.07, 6.45) is 2.84. The molecule has 0 fully saturated rings. The number of nitrogens with one attached hydrogen (secondary N) is 1. The van der Waals surface area contributed by atoms with Crippen LogP contribution in [0.2, 0.25) is 0 Å². The van der Waals surface area contributed by atoms with Gasteiger partial charge in [-0.25, -0.2) is 8.42 Å². The summed E-state index contributed by atoms with van der Waals surface area (Å²) in [5.41, 5.74) is 4.82. The molecule has 1 aliphatic rings. The highest BCUT2D eigenvalue weighted by atomic mass is 32.2.